The first-order chi connectivity index (χ1) is 20.8. The minimum absolute atomic E-state index is 0.106. The second-order valence-electron chi connectivity index (χ2n) is 10.7. The van der Waals surface area contributed by atoms with E-state index in [-0.39, 0.29) is 29.8 Å². The fourth-order valence-corrected chi connectivity index (χ4v) is 8.79. The highest BCUT2D eigenvalue weighted by atomic mass is 32.2. The lowest BCUT2D eigenvalue weighted by Crippen LogP contribution is -2.39. The number of carbonyl (C=O) groups is 4. The first-order valence-corrected chi connectivity index (χ1v) is 16.0. The van der Waals surface area contributed by atoms with Crippen LogP contribution < -0.4 is 14.5 Å². The van der Waals surface area contributed by atoms with Crippen LogP contribution in [0.1, 0.15) is 52.9 Å². The van der Waals surface area contributed by atoms with Gasteiger partial charge in [-0.1, -0.05) is 35.2 Å². The van der Waals surface area contributed by atoms with Crippen LogP contribution >= 0.6 is 23.1 Å². The van der Waals surface area contributed by atoms with Gasteiger partial charge in [-0.25, -0.2) is 9.69 Å². The Morgan fingerprint density at radius 2 is 1.63 bits per heavy atom. The Morgan fingerprint density at radius 3 is 2.28 bits per heavy atom. The number of anilines is 1. The summed E-state index contributed by atoms with van der Waals surface area (Å²) in [7, 11) is 1.57. The number of thioether (sulfide) groups is 1. The van der Waals surface area contributed by atoms with Crippen molar-refractivity contribution in [1.29, 1.82) is 0 Å². The Morgan fingerprint density at radius 1 is 0.930 bits per heavy atom. The smallest absolute Gasteiger partial charge is 0.338 e. The molecule has 0 radical (unpaired) electrons. The molecule has 0 bridgehead atoms. The Bertz CT molecular complexity index is 1620. The molecule has 3 aliphatic heterocycles. The number of thiazole rings is 1. The predicted molar refractivity (Wildman–Crippen MR) is 162 cm³/mol. The number of imide groups is 1. The third-order valence-electron chi connectivity index (χ3n) is 8.16. The quantitative estimate of drug-likeness (QED) is 0.288. The molecule has 4 heterocycles. The van der Waals surface area contributed by atoms with Crippen molar-refractivity contribution in [3.8, 4) is 5.75 Å². The van der Waals surface area contributed by atoms with Crippen LogP contribution in [0.2, 0.25) is 0 Å². The van der Waals surface area contributed by atoms with Crippen LogP contribution in [0, 0.1) is 5.92 Å². The zero-order valence-electron chi connectivity index (χ0n) is 23.8. The molecule has 2 fully saturated rings. The molecule has 3 amide bonds. The normalized spacial score (nSPS) is 21.4. The highest BCUT2D eigenvalue weighted by Crippen LogP contribution is 2.54. The lowest BCUT2D eigenvalue weighted by Gasteiger charge is -2.31. The van der Waals surface area contributed by atoms with E-state index in [1.165, 1.54) is 33.4 Å². The van der Waals surface area contributed by atoms with E-state index in [1.54, 1.807) is 43.2 Å². The molecule has 3 aliphatic rings. The average molecular weight is 622 g/mol. The molecule has 10 nitrogen and oxygen atoms in total. The molecule has 2 aromatic carbocycles. The number of ether oxygens (including phenoxy) is 2. The Labute approximate surface area is 256 Å². The largest absolute Gasteiger partial charge is 0.497 e. The van der Waals surface area contributed by atoms with E-state index >= 15 is 0 Å². The highest BCUT2D eigenvalue weighted by molar-refractivity contribution is 8.00. The summed E-state index contributed by atoms with van der Waals surface area (Å²) in [4.78, 5) is 70.1. The van der Waals surface area contributed by atoms with Crippen LogP contribution in [0.25, 0.3) is 0 Å². The molecule has 224 valence electrons. The molecule has 3 aromatic rings. The third kappa shape index (κ3) is 5.27. The molecule has 2 saturated heterocycles. The lowest BCUT2D eigenvalue weighted by atomic mass is 9.83. The summed E-state index contributed by atoms with van der Waals surface area (Å²) in [6, 6.07) is 13.5. The van der Waals surface area contributed by atoms with Crippen LogP contribution in [-0.4, -0.2) is 65.2 Å². The van der Waals surface area contributed by atoms with Crippen molar-refractivity contribution in [2.75, 3.05) is 31.7 Å². The van der Waals surface area contributed by atoms with E-state index < -0.39 is 29.0 Å². The molecule has 43 heavy (non-hydrogen) atoms. The van der Waals surface area contributed by atoms with Crippen molar-refractivity contribution in [1.82, 2.24) is 9.47 Å². The molecule has 3 atom stereocenters. The summed E-state index contributed by atoms with van der Waals surface area (Å²) in [5, 5.41) is -0.245. The first-order valence-electron chi connectivity index (χ1n) is 14.3. The minimum atomic E-state index is -0.804. The van der Waals surface area contributed by atoms with E-state index in [9.17, 15) is 24.0 Å². The number of aromatic nitrogens is 1. The number of hydrogen-bond acceptors (Lipinski definition) is 9. The Kier molecular flexibility index (Phi) is 8.15. The van der Waals surface area contributed by atoms with E-state index in [4.69, 9.17) is 9.47 Å². The fraction of sp³-hybridized carbons (Fsp3) is 0.387. The molecular formula is C31H31N3O7S2. The zero-order valence-corrected chi connectivity index (χ0v) is 25.4. The van der Waals surface area contributed by atoms with Gasteiger partial charge < -0.3 is 14.4 Å². The van der Waals surface area contributed by atoms with Crippen LogP contribution in [-0.2, 0) is 25.7 Å². The van der Waals surface area contributed by atoms with Gasteiger partial charge in [-0.15, -0.1) is 0 Å². The number of benzene rings is 2. The second-order valence-corrected chi connectivity index (χ2v) is 12.8. The van der Waals surface area contributed by atoms with Crippen molar-refractivity contribution in [3.63, 3.8) is 0 Å². The summed E-state index contributed by atoms with van der Waals surface area (Å²) >= 11 is 2.21. The molecule has 0 aliphatic carbocycles. The molecule has 1 aromatic heterocycles. The van der Waals surface area contributed by atoms with E-state index in [0.717, 1.165) is 36.2 Å². The predicted octanol–water partition coefficient (Wildman–Crippen LogP) is 3.90. The van der Waals surface area contributed by atoms with Crippen molar-refractivity contribution >= 4 is 52.5 Å². The number of nitrogens with zero attached hydrogens (tertiary/aromatic N) is 3. The second kappa shape index (κ2) is 12.0. The van der Waals surface area contributed by atoms with Gasteiger partial charge in [-0.2, -0.15) is 0 Å². The van der Waals surface area contributed by atoms with Gasteiger partial charge in [0.25, 0.3) is 0 Å². The van der Waals surface area contributed by atoms with Crippen molar-refractivity contribution in [2.24, 2.45) is 5.92 Å². The maximum atomic E-state index is 14.1. The number of esters is 1. The van der Waals surface area contributed by atoms with Gasteiger partial charge in [-0.3, -0.25) is 23.7 Å². The average Bonchev–Trinajstić information content (AvgIpc) is 3.47. The standard InChI is InChI=1S/C31H31N3O7S2/c1-3-41-30(38)19-7-11-20(12-8-19)34-27(36)24-23(18-9-13-21(40-2)14-10-18)26-29(42-25(24)28(34)37)33(31(39)43-26)17-22(35)32-15-5-4-6-16-32/h7-14,23-25H,3-6,15-17H2,1-2H3. The zero-order chi connectivity index (χ0) is 30.2. The molecule has 12 heteroatoms. The number of carbonyl (C=O) groups excluding carboxylic acids is 4. The lowest BCUT2D eigenvalue weighted by molar-refractivity contribution is -0.133. The van der Waals surface area contributed by atoms with Crippen molar-refractivity contribution < 1.29 is 28.7 Å². The summed E-state index contributed by atoms with van der Waals surface area (Å²) in [6.45, 7) is 3.18. The van der Waals surface area contributed by atoms with Gasteiger partial charge in [0.1, 0.15) is 17.5 Å². The number of methoxy groups -OCH3 is 1. The van der Waals surface area contributed by atoms with Gasteiger partial charge >= 0.3 is 10.8 Å². The highest BCUT2D eigenvalue weighted by Gasteiger charge is 2.56. The van der Waals surface area contributed by atoms with Crippen LogP contribution in [0.15, 0.2) is 58.4 Å². The number of fused-ring (bicyclic) bond motifs is 2. The van der Waals surface area contributed by atoms with Crippen LogP contribution in [0.3, 0.4) is 0 Å². The topological polar surface area (TPSA) is 115 Å². The summed E-state index contributed by atoms with van der Waals surface area (Å²) < 4.78 is 11.9. The Hall–Kier alpha value is -3.90. The van der Waals surface area contributed by atoms with Gasteiger partial charge in [0, 0.05) is 23.9 Å². The van der Waals surface area contributed by atoms with E-state index in [0.29, 0.717) is 40.0 Å². The van der Waals surface area contributed by atoms with Gasteiger partial charge in [0.2, 0.25) is 17.7 Å². The molecule has 3 unspecified atom stereocenters. The Balaban J connectivity index is 1.39. The molecule has 0 spiro atoms. The van der Waals surface area contributed by atoms with E-state index in [2.05, 4.69) is 0 Å². The first kappa shape index (κ1) is 29.2. The molecule has 0 N–H and O–H groups in total. The number of rotatable bonds is 7. The number of amides is 3. The number of piperidine rings is 1. The maximum Gasteiger partial charge on any atom is 0.338 e. The monoisotopic (exact) mass is 621 g/mol. The van der Waals surface area contributed by atoms with Gasteiger partial charge in [0.05, 0.1) is 35.9 Å². The SMILES string of the molecule is CCOC(=O)c1ccc(N2C(=O)C3Sc4c(sc(=O)n4CC(=O)N4CCCCC4)C(c4ccc(OC)cc4)C3C2=O)cc1. The van der Waals surface area contributed by atoms with Gasteiger partial charge in [0.15, 0.2) is 0 Å². The van der Waals surface area contributed by atoms with E-state index in [1.807, 2.05) is 12.1 Å². The number of hydrogen-bond donors (Lipinski definition) is 0. The van der Waals surface area contributed by atoms with Crippen LogP contribution in [0.4, 0.5) is 5.69 Å². The molecule has 0 saturated carbocycles. The number of likely N-dealkylation sites (tertiary alicyclic amines) is 1. The fourth-order valence-electron chi connectivity index (χ4n) is 6.02. The third-order valence-corrected chi connectivity index (χ3v) is 10.8. The molecule has 6 rings (SSSR count). The van der Waals surface area contributed by atoms with Gasteiger partial charge in [-0.05, 0) is 68.1 Å². The summed E-state index contributed by atoms with van der Waals surface area (Å²) in [6.07, 6.45) is 2.96. The van der Waals surface area contributed by atoms with Crippen molar-refractivity contribution in [3.05, 3.63) is 74.2 Å². The maximum absolute atomic E-state index is 14.1. The summed E-state index contributed by atoms with van der Waals surface area (Å²) in [5.74, 6) is -2.10. The van der Waals surface area contributed by atoms with Crippen LogP contribution in [0.5, 0.6) is 5.75 Å². The summed E-state index contributed by atoms with van der Waals surface area (Å²) in [5.41, 5.74) is 1.44. The van der Waals surface area contributed by atoms with Crippen molar-refractivity contribution in [2.45, 2.75) is 48.9 Å². The minimum Gasteiger partial charge on any atom is -0.497 e. The molecular weight excluding hydrogens is 590 g/mol.